The van der Waals surface area contributed by atoms with Crippen LogP contribution in [0.15, 0.2) is 0 Å². The van der Waals surface area contributed by atoms with E-state index in [-0.39, 0.29) is 12.4 Å². The van der Waals surface area contributed by atoms with E-state index < -0.39 is 10.1 Å². The predicted molar refractivity (Wildman–Crippen MR) is 120 cm³/mol. The Morgan fingerprint density at radius 3 is 1.54 bits per heavy atom. The third-order valence-corrected chi connectivity index (χ3v) is 5.85. The monoisotopic (exact) mass is 425 g/mol. The fourth-order valence-corrected chi connectivity index (χ4v) is 3.96. The SMILES string of the molecule is CCCCCCCCCCCCCOS(=O)(=O)CCCCCCCF.CNC. The fraction of sp³-hybridized carbons (Fsp3) is 1.00. The lowest BCUT2D eigenvalue weighted by Gasteiger charge is -2.06. The molecule has 0 aliphatic heterocycles. The summed E-state index contributed by atoms with van der Waals surface area (Å²) in [6.07, 6.45) is 17.5. The Kier molecular flexibility index (Phi) is 26.6. The molecular weight excluding hydrogens is 377 g/mol. The molecule has 0 bridgehead atoms. The molecule has 0 aromatic heterocycles. The summed E-state index contributed by atoms with van der Waals surface area (Å²) in [5.41, 5.74) is 0. The number of alkyl halides is 1. The van der Waals surface area contributed by atoms with Crippen molar-refractivity contribution in [2.75, 3.05) is 33.1 Å². The molecule has 6 heteroatoms. The quantitative estimate of drug-likeness (QED) is 0.181. The lowest BCUT2D eigenvalue weighted by Crippen LogP contribution is -2.11. The molecule has 0 heterocycles. The van der Waals surface area contributed by atoms with Gasteiger partial charge in [-0.05, 0) is 33.4 Å². The molecule has 0 saturated heterocycles. The zero-order valence-electron chi connectivity index (χ0n) is 18.9. The zero-order chi connectivity index (χ0) is 21.3. The first-order valence-corrected chi connectivity index (χ1v) is 13.1. The van der Waals surface area contributed by atoms with E-state index in [9.17, 15) is 12.8 Å². The zero-order valence-corrected chi connectivity index (χ0v) is 19.8. The molecular formula is C22H48FNO3S. The molecule has 0 aromatic carbocycles. The number of unbranched alkanes of at least 4 members (excludes halogenated alkanes) is 14. The van der Waals surface area contributed by atoms with Gasteiger partial charge in [0, 0.05) is 0 Å². The van der Waals surface area contributed by atoms with Crippen molar-refractivity contribution in [2.24, 2.45) is 0 Å². The molecule has 1 N–H and O–H groups in total. The van der Waals surface area contributed by atoms with Crippen LogP contribution in [-0.2, 0) is 14.3 Å². The van der Waals surface area contributed by atoms with Crippen molar-refractivity contribution >= 4 is 10.1 Å². The van der Waals surface area contributed by atoms with Crippen LogP contribution in [0.4, 0.5) is 4.39 Å². The molecule has 0 aliphatic carbocycles. The molecule has 0 unspecified atom stereocenters. The highest BCUT2D eigenvalue weighted by atomic mass is 32.2. The van der Waals surface area contributed by atoms with E-state index in [1.165, 1.54) is 57.8 Å². The van der Waals surface area contributed by atoms with Gasteiger partial charge in [0.2, 0.25) is 0 Å². The first-order chi connectivity index (χ1) is 13.5. The molecule has 0 aromatic rings. The average molecular weight is 426 g/mol. The molecule has 0 saturated carbocycles. The van der Waals surface area contributed by atoms with Crippen molar-refractivity contribution in [3.05, 3.63) is 0 Å². The minimum Gasteiger partial charge on any atom is -0.323 e. The van der Waals surface area contributed by atoms with Gasteiger partial charge in [-0.15, -0.1) is 0 Å². The van der Waals surface area contributed by atoms with Gasteiger partial charge in [-0.2, -0.15) is 8.42 Å². The molecule has 0 atom stereocenters. The second kappa shape index (κ2) is 24.8. The largest absolute Gasteiger partial charge is 0.323 e. The van der Waals surface area contributed by atoms with Gasteiger partial charge in [-0.1, -0.05) is 90.4 Å². The van der Waals surface area contributed by atoms with Gasteiger partial charge < -0.3 is 5.32 Å². The van der Waals surface area contributed by atoms with Crippen molar-refractivity contribution in [3.63, 3.8) is 0 Å². The van der Waals surface area contributed by atoms with Gasteiger partial charge in [0.25, 0.3) is 10.1 Å². The van der Waals surface area contributed by atoms with Crippen LogP contribution in [0.3, 0.4) is 0 Å². The van der Waals surface area contributed by atoms with E-state index in [1.807, 2.05) is 14.1 Å². The summed E-state index contributed by atoms with van der Waals surface area (Å²) in [6.45, 7) is 2.29. The third kappa shape index (κ3) is 28.0. The maximum absolute atomic E-state index is 11.9. The predicted octanol–water partition coefficient (Wildman–Crippen LogP) is 6.40. The number of hydrogen-bond donors (Lipinski definition) is 1. The highest BCUT2D eigenvalue weighted by Crippen LogP contribution is 2.12. The second-order valence-corrected chi connectivity index (χ2v) is 9.34. The third-order valence-electron chi connectivity index (χ3n) is 4.54. The summed E-state index contributed by atoms with van der Waals surface area (Å²) in [4.78, 5) is 0. The lowest BCUT2D eigenvalue weighted by atomic mass is 10.1. The Morgan fingerprint density at radius 2 is 1.07 bits per heavy atom. The first kappa shape index (κ1) is 30.0. The number of halogens is 1. The standard InChI is InChI=1S/C20H41FO3S.C2H7N/c1-2-3-4-5-6-7-8-9-10-13-16-19-24-25(22,23)20-17-14-11-12-15-18-21;1-3-2/h2-20H2,1H3;3H,1-2H3. The van der Waals surface area contributed by atoms with Crippen LogP contribution >= 0.6 is 0 Å². The van der Waals surface area contributed by atoms with Crippen LogP contribution in [0.25, 0.3) is 0 Å². The molecule has 0 rings (SSSR count). The van der Waals surface area contributed by atoms with Gasteiger partial charge in [-0.25, -0.2) is 0 Å². The van der Waals surface area contributed by atoms with E-state index in [0.717, 1.165) is 32.1 Å². The highest BCUT2D eigenvalue weighted by Gasteiger charge is 2.10. The highest BCUT2D eigenvalue weighted by molar-refractivity contribution is 7.86. The summed E-state index contributed by atoms with van der Waals surface area (Å²) < 4.78 is 40.4. The van der Waals surface area contributed by atoms with Gasteiger partial charge in [0.1, 0.15) is 0 Å². The summed E-state index contributed by atoms with van der Waals surface area (Å²) >= 11 is 0. The van der Waals surface area contributed by atoms with Crippen molar-refractivity contribution in [1.82, 2.24) is 5.32 Å². The number of hydrogen-bond acceptors (Lipinski definition) is 4. The summed E-state index contributed by atoms with van der Waals surface area (Å²) in [6, 6.07) is 0. The molecule has 0 radical (unpaired) electrons. The van der Waals surface area contributed by atoms with Crippen LogP contribution < -0.4 is 5.32 Å². The van der Waals surface area contributed by atoms with E-state index >= 15 is 0 Å². The van der Waals surface area contributed by atoms with Crippen LogP contribution in [-0.4, -0.2) is 41.5 Å². The molecule has 0 aliphatic rings. The Balaban J connectivity index is 0. The fourth-order valence-electron chi connectivity index (χ4n) is 2.91. The average Bonchev–Trinajstić information content (AvgIpc) is 2.66. The van der Waals surface area contributed by atoms with Crippen molar-refractivity contribution in [3.8, 4) is 0 Å². The van der Waals surface area contributed by atoms with E-state index in [0.29, 0.717) is 19.4 Å². The molecule has 28 heavy (non-hydrogen) atoms. The van der Waals surface area contributed by atoms with Crippen LogP contribution in [0.5, 0.6) is 0 Å². The van der Waals surface area contributed by atoms with Crippen LogP contribution in [0, 0.1) is 0 Å². The Labute approximate surface area is 175 Å². The normalized spacial score (nSPS) is 11.3. The molecule has 4 nitrogen and oxygen atoms in total. The van der Waals surface area contributed by atoms with Crippen molar-refractivity contribution in [2.45, 2.75) is 110 Å². The molecule has 0 spiro atoms. The van der Waals surface area contributed by atoms with Gasteiger partial charge in [-0.3, -0.25) is 8.57 Å². The Bertz CT molecular complexity index is 378. The van der Waals surface area contributed by atoms with E-state index in [4.69, 9.17) is 4.18 Å². The Hall–Kier alpha value is -0.200. The minimum absolute atomic E-state index is 0.0979. The van der Waals surface area contributed by atoms with Crippen molar-refractivity contribution in [1.29, 1.82) is 0 Å². The maximum atomic E-state index is 11.9. The van der Waals surface area contributed by atoms with E-state index in [2.05, 4.69) is 12.2 Å². The first-order valence-electron chi connectivity index (χ1n) is 11.6. The Morgan fingerprint density at radius 1 is 0.679 bits per heavy atom. The van der Waals surface area contributed by atoms with Gasteiger partial charge >= 0.3 is 0 Å². The number of nitrogens with one attached hydrogen (secondary N) is 1. The lowest BCUT2D eigenvalue weighted by molar-refractivity contribution is 0.305. The minimum atomic E-state index is -3.36. The summed E-state index contributed by atoms with van der Waals surface area (Å²) in [5, 5.41) is 2.75. The summed E-state index contributed by atoms with van der Waals surface area (Å²) in [7, 11) is 0.389. The van der Waals surface area contributed by atoms with Crippen LogP contribution in [0.2, 0.25) is 0 Å². The van der Waals surface area contributed by atoms with Gasteiger partial charge in [0.15, 0.2) is 0 Å². The van der Waals surface area contributed by atoms with Crippen LogP contribution in [0.1, 0.15) is 110 Å². The molecule has 172 valence electrons. The van der Waals surface area contributed by atoms with E-state index in [1.54, 1.807) is 0 Å². The van der Waals surface area contributed by atoms with Gasteiger partial charge in [0.05, 0.1) is 19.0 Å². The molecule has 0 amide bonds. The smallest absolute Gasteiger partial charge is 0.267 e. The van der Waals surface area contributed by atoms with Crippen molar-refractivity contribution < 1.29 is 17.0 Å². The molecule has 0 fully saturated rings. The topological polar surface area (TPSA) is 55.4 Å². The number of rotatable bonds is 20. The maximum Gasteiger partial charge on any atom is 0.267 e. The second-order valence-electron chi connectivity index (χ2n) is 7.58. The summed E-state index contributed by atoms with van der Waals surface area (Å²) in [5.74, 6) is 0.0979.